The van der Waals surface area contributed by atoms with Crippen LogP contribution in [0.25, 0.3) is 0 Å². The predicted molar refractivity (Wildman–Crippen MR) is 68.3 cm³/mol. The molecule has 2 amide bonds. The lowest BCUT2D eigenvalue weighted by Crippen LogP contribution is -2.41. The average Bonchev–Trinajstić information content (AvgIpc) is 2.44. The zero-order chi connectivity index (χ0) is 15.9. The fourth-order valence-corrected chi connectivity index (χ4v) is 1.36. The summed E-state index contributed by atoms with van der Waals surface area (Å²) in [6.07, 6.45) is -5.60. The van der Waals surface area contributed by atoms with Crippen LogP contribution in [0.5, 0.6) is 0 Å². The Hall–Kier alpha value is -2.25. The molecule has 0 aromatic heterocycles. The second-order valence-electron chi connectivity index (χ2n) is 4.22. The van der Waals surface area contributed by atoms with Gasteiger partial charge in [0.1, 0.15) is 6.61 Å². The number of benzene rings is 1. The molecule has 0 heterocycles. The third kappa shape index (κ3) is 6.15. The van der Waals surface area contributed by atoms with Gasteiger partial charge >= 0.3 is 18.2 Å². The summed E-state index contributed by atoms with van der Waals surface area (Å²) in [7, 11) is 1.37. The van der Waals surface area contributed by atoms with E-state index in [1.165, 1.54) is 7.05 Å². The van der Waals surface area contributed by atoms with Crippen molar-refractivity contribution in [3.8, 4) is 0 Å². The van der Waals surface area contributed by atoms with Crippen molar-refractivity contribution in [3.63, 3.8) is 0 Å². The van der Waals surface area contributed by atoms with Gasteiger partial charge in [-0.3, -0.25) is 4.79 Å². The van der Waals surface area contributed by atoms with E-state index in [1.807, 2.05) is 6.07 Å². The summed E-state index contributed by atoms with van der Waals surface area (Å²) < 4.78 is 40.7. The van der Waals surface area contributed by atoms with Crippen molar-refractivity contribution in [2.24, 2.45) is 0 Å². The molecule has 0 unspecified atom stereocenters. The van der Waals surface area contributed by atoms with Crippen LogP contribution in [-0.2, 0) is 16.1 Å². The Bertz CT molecular complexity index is 477. The second-order valence-corrected chi connectivity index (χ2v) is 4.22. The Morgan fingerprint density at radius 3 is 2.43 bits per heavy atom. The number of ether oxygens (including phenoxy) is 1. The first-order valence-electron chi connectivity index (χ1n) is 6.07. The molecule has 0 aliphatic rings. The highest BCUT2D eigenvalue weighted by molar-refractivity contribution is 5.81. The van der Waals surface area contributed by atoms with Crippen molar-refractivity contribution in [2.75, 3.05) is 20.1 Å². The number of hydrogen-bond acceptors (Lipinski definition) is 3. The fourth-order valence-electron chi connectivity index (χ4n) is 1.36. The molecule has 116 valence electrons. The van der Waals surface area contributed by atoms with Crippen LogP contribution in [-0.4, -0.2) is 43.2 Å². The standard InChI is InChI=1S/C13H15F3N2O3/c1-18(8-7-17-11(19)13(14,15)16)12(20)21-9-10-5-3-2-4-6-10/h2-6H,7-9H2,1H3,(H,17,19). The fraction of sp³-hybridized carbons (Fsp3) is 0.385. The first-order chi connectivity index (χ1) is 9.80. The van der Waals surface area contributed by atoms with Gasteiger partial charge in [-0.25, -0.2) is 4.79 Å². The first kappa shape index (κ1) is 16.8. The van der Waals surface area contributed by atoms with E-state index in [9.17, 15) is 22.8 Å². The maximum atomic E-state index is 11.9. The van der Waals surface area contributed by atoms with Gasteiger partial charge in [-0.1, -0.05) is 30.3 Å². The van der Waals surface area contributed by atoms with Gasteiger partial charge in [0.05, 0.1) is 0 Å². The summed E-state index contributed by atoms with van der Waals surface area (Å²) in [5.74, 6) is -2.03. The topological polar surface area (TPSA) is 58.6 Å². The van der Waals surface area contributed by atoms with Crippen molar-refractivity contribution < 1.29 is 27.5 Å². The van der Waals surface area contributed by atoms with Gasteiger partial charge in [0, 0.05) is 20.1 Å². The SMILES string of the molecule is CN(CCNC(=O)C(F)(F)F)C(=O)OCc1ccccc1. The number of likely N-dealkylation sites (N-methyl/N-ethyl adjacent to an activating group) is 1. The number of amides is 2. The quantitative estimate of drug-likeness (QED) is 0.904. The monoisotopic (exact) mass is 304 g/mol. The van der Waals surface area contributed by atoms with Gasteiger partial charge in [0.2, 0.25) is 0 Å². The second kappa shape index (κ2) is 7.51. The Labute approximate surface area is 119 Å². The third-order valence-corrected chi connectivity index (χ3v) is 2.51. The van der Waals surface area contributed by atoms with E-state index in [0.717, 1.165) is 10.5 Å². The van der Waals surface area contributed by atoms with Gasteiger partial charge in [-0.2, -0.15) is 13.2 Å². The zero-order valence-corrected chi connectivity index (χ0v) is 11.3. The Balaban J connectivity index is 2.27. The molecule has 0 aliphatic heterocycles. The minimum Gasteiger partial charge on any atom is -0.445 e. The summed E-state index contributed by atoms with van der Waals surface area (Å²) in [6, 6.07) is 8.95. The van der Waals surface area contributed by atoms with Crippen molar-refractivity contribution in [3.05, 3.63) is 35.9 Å². The van der Waals surface area contributed by atoms with Gasteiger partial charge in [0.15, 0.2) is 0 Å². The van der Waals surface area contributed by atoms with Crippen LogP contribution in [0.2, 0.25) is 0 Å². The maximum absolute atomic E-state index is 11.9. The number of carbonyl (C=O) groups excluding carboxylic acids is 2. The van der Waals surface area contributed by atoms with Crippen molar-refractivity contribution in [1.82, 2.24) is 10.2 Å². The molecule has 8 heteroatoms. The molecule has 0 radical (unpaired) electrons. The Morgan fingerprint density at radius 2 is 1.86 bits per heavy atom. The number of halogens is 3. The van der Waals surface area contributed by atoms with E-state index in [0.29, 0.717) is 0 Å². The van der Waals surface area contributed by atoms with E-state index < -0.39 is 18.2 Å². The van der Waals surface area contributed by atoms with E-state index in [4.69, 9.17) is 4.74 Å². The molecule has 21 heavy (non-hydrogen) atoms. The molecule has 0 atom stereocenters. The summed E-state index contributed by atoms with van der Waals surface area (Å²) in [5.41, 5.74) is 0.796. The molecule has 0 aliphatic carbocycles. The van der Waals surface area contributed by atoms with Crippen LogP contribution in [0.1, 0.15) is 5.56 Å². The van der Waals surface area contributed by atoms with E-state index >= 15 is 0 Å². The normalized spacial score (nSPS) is 10.9. The molecular weight excluding hydrogens is 289 g/mol. The van der Waals surface area contributed by atoms with Crippen molar-refractivity contribution in [2.45, 2.75) is 12.8 Å². The molecule has 1 rings (SSSR count). The molecule has 0 spiro atoms. The molecule has 0 saturated carbocycles. The van der Waals surface area contributed by atoms with Gasteiger partial charge < -0.3 is 15.0 Å². The number of carbonyl (C=O) groups is 2. The van der Waals surface area contributed by atoms with Gasteiger partial charge in [-0.05, 0) is 5.56 Å². The number of nitrogens with zero attached hydrogens (tertiary/aromatic N) is 1. The van der Waals surface area contributed by atoms with Crippen LogP contribution in [0, 0.1) is 0 Å². The summed E-state index contributed by atoms with van der Waals surface area (Å²) in [5, 5.41) is 1.67. The van der Waals surface area contributed by atoms with Crippen LogP contribution < -0.4 is 5.32 Å². The summed E-state index contributed by atoms with van der Waals surface area (Å²) in [4.78, 5) is 23.2. The highest BCUT2D eigenvalue weighted by Gasteiger charge is 2.38. The Kier molecular flexibility index (Phi) is 6.01. The number of rotatable bonds is 5. The van der Waals surface area contributed by atoms with E-state index in [-0.39, 0.29) is 19.7 Å². The maximum Gasteiger partial charge on any atom is 0.471 e. The number of nitrogens with one attached hydrogen (secondary N) is 1. The lowest BCUT2D eigenvalue weighted by molar-refractivity contribution is -0.173. The summed E-state index contributed by atoms with van der Waals surface area (Å²) in [6.45, 7) is -0.330. The molecule has 0 bridgehead atoms. The molecule has 1 N–H and O–H groups in total. The minimum atomic E-state index is -4.92. The van der Waals surface area contributed by atoms with E-state index in [1.54, 1.807) is 29.6 Å². The third-order valence-electron chi connectivity index (χ3n) is 2.51. The largest absolute Gasteiger partial charge is 0.471 e. The highest BCUT2D eigenvalue weighted by Crippen LogP contribution is 2.13. The number of alkyl halides is 3. The first-order valence-corrected chi connectivity index (χ1v) is 6.07. The van der Waals surface area contributed by atoms with Crippen molar-refractivity contribution >= 4 is 12.0 Å². The van der Waals surface area contributed by atoms with Crippen LogP contribution >= 0.6 is 0 Å². The molecule has 1 aromatic rings. The average molecular weight is 304 g/mol. The van der Waals surface area contributed by atoms with Crippen LogP contribution in [0.15, 0.2) is 30.3 Å². The predicted octanol–water partition coefficient (Wildman–Crippen LogP) is 1.93. The summed E-state index contributed by atoms with van der Waals surface area (Å²) >= 11 is 0. The number of hydrogen-bond donors (Lipinski definition) is 1. The van der Waals surface area contributed by atoms with Gasteiger partial charge in [-0.15, -0.1) is 0 Å². The Morgan fingerprint density at radius 1 is 1.24 bits per heavy atom. The lowest BCUT2D eigenvalue weighted by atomic mass is 10.2. The molecule has 5 nitrogen and oxygen atoms in total. The molecular formula is C13H15F3N2O3. The minimum absolute atomic E-state index is 0.0684. The molecule has 0 saturated heterocycles. The lowest BCUT2D eigenvalue weighted by Gasteiger charge is -2.17. The van der Waals surface area contributed by atoms with Crippen molar-refractivity contribution in [1.29, 1.82) is 0 Å². The molecule has 1 aromatic carbocycles. The highest BCUT2D eigenvalue weighted by atomic mass is 19.4. The van der Waals surface area contributed by atoms with Crippen LogP contribution in [0.4, 0.5) is 18.0 Å². The van der Waals surface area contributed by atoms with E-state index in [2.05, 4.69) is 0 Å². The van der Waals surface area contributed by atoms with Gasteiger partial charge in [0.25, 0.3) is 0 Å². The molecule has 0 fully saturated rings. The zero-order valence-electron chi connectivity index (χ0n) is 11.3. The van der Waals surface area contributed by atoms with Crippen LogP contribution in [0.3, 0.4) is 0 Å². The smallest absolute Gasteiger partial charge is 0.445 e.